The SMILES string of the molecule is C/C=C(Br)\C=C(\N)CC. The highest BCUT2D eigenvalue weighted by Crippen LogP contribution is 2.08. The van der Waals surface area contributed by atoms with Crippen LogP contribution in [0.15, 0.2) is 22.3 Å². The number of hydrogen-bond donors (Lipinski definition) is 1. The molecule has 0 heterocycles. The Morgan fingerprint density at radius 1 is 1.67 bits per heavy atom. The lowest BCUT2D eigenvalue weighted by atomic mass is 10.3. The molecule has 0 spiro atoms. The van der Waals surface area contributed by atoms with E-state index in [1.54, 1.807) is 0 Å². The van der Waals surface area contributed by atoms with Gasteiger partial charge in [0.05, 0.1) is 0 Å². The van der Waals surface area contributed by atoms with Gasteiger partial charge >= 0.3 is 0 Å². The molecule has 0 saturated heterocycles. The fraction of sp³-hybridized carbons (Fsp3) is 0.429. The lowest BCUT2D eigenvalue weighted by molar-refractivity contribution is 1.07. The van der Waals surface area contributed by atoms with E-state index in [1.165, 1.54) is 0 Å². The van der Waals surface area contributed by atoms with Gasteiger partial charge in [-0.15, -0.1) is 0 Å². The van der Waals surface area contributed by atoms with Crippen LogP contribution in [-0.4, -0.2) is 0 Å². The highest BCUT2D eigenvalue weighted by Gasteiger charge is 1.84. The molecule has 0 aliphatic carbocycles. The zero-order valence-electron chi connectivity index (χ0n) is 5.82. The van der Waals surface area contributed by atoms with Crippen LogP contribution in [0.25, 0.3) is 0 Å². The molecule has 0 saturated carbocycles. The molecule has 0 amide bonds. The van der Waals surface area contributed by atoms with E-state index in [0.717, 1.165) is 16.6 Å². The van der Waals surface area contributed by atoms with E-state index in [-0.39, 0.29) is 0 Å². The van der Waals surface area contributed by atoms with Crippen LogP contribution < -0.4 is 5.73 Å². The van der Waals surface area contributed by atoms with Gasteiger partial charge in [-0.2, -0.15) is 0 Å². The maximum atomic E-state index is 5.54. The molecular formula is C7H12BrN. The summed E-state index contributed by atoms with van der Waals surface area (Å²) in [4.78, 5) is 0. The smallest absolute Gasteiger partial charge is 0.0149 e. The first-order valence-corrected chi connectivity index (χ1v) is 3.77. The molecule has 0 aliphatic rings. The lowest BCUT2D eigenvalue weighted by Crippen LogP contribution is -1.93. The fourth-order valence-electron chi connectivity index (χ4n) is 0.363. The molecule has 2 heteroatoms. The summed E-state index contributed by atoms with van der Waals surface area (Å²) in [6, 6.07) is 0. The molecule has 0 aliphatic heterocycles. The fourth-order valence-corrected chi connectivity index (χ4v) is 0.657. The monoisotopic (exact) mass is 189 g/mol. The average molecular weight is 190 g/mol. The van der Waals surface area contributed by atoms with E-state index < -0.39 is 0 Å². The zero-order chi connectivity index (χ0) is 7.28. The van der Waals surface area contributed by atoms with Gasteiger partial charge < -0.3 is 5.73 Å². The van der Waals surface area contributed by atoms with E-state index in [4.69, 9.17) is 5.73 Å². The summed E-state index contributed by atoms with van der Waals surface area (Å²) in [5, 5.41) is 0. The van der Waals surface area contributed by atoms with E-state index in [0.29, 0.717) is 0 Å². The van der Waals surface area contributed by atoms with Crippen molar-refractivity contribution in [3.05, 3.63) is 22.3 Å². The summed E-state index contributed by atoms with van der Waals surface area (Å²) in [6.07, 6.45) is 4.78. The van der Waals surface area contributed by atoms with Crippen LogP contribution in [0, 0.1) is 0 Å². The highest BCUT2D eigenvalue weighted by molar-refractivity contribution is 9.11. The van der Waals surface area contributed by atoms with Gasteiger partial charge in [0, 0.05) is 10.2 Å². The predicted molar refractivity (Wildman–Crippen MR) is 45.2 cm³/mol. The minimum Gasteiger partial charge on any atom is -0.402 e. The van der Waals surface area contributed by atoms with Crippen molar-refractivity contribution in [3.8, 4) is 0 Å². The van der Waals surface area contributed by atoms with Crippen molar-refractivity contribution in [2.24, 2.45) is 5.73 Å². The number of allylic oxidation sites excluding steroid dienone is 4. The van der Waals surface area contributed by atoms with Crippen LogP contribution in [-0.2, 0) is 0 Å². The summed E-state index contributed by atoms with van der Waals surface area (Å²) < 4.78 is 1.04. The molecule has 0 aromatic rings. The van der Waals surface area contributed by atoms with Gasteiger partial charge in [-0.05, 0) is 19.4 Å². The van der Waals surface area contributed by atoms with Crippen LogP contribution in [0.5, 0.6) is 0 Å². The second-order valence-electron chi connectivity index (χ2n) is 1.75. The summed E-state index contributed by atoms with van der Waals surface area (Å²) in [6.45, 7) is 3.99. The minimum absolute atomic E-state index is 0.903. The van der Waals surface area contributed by atoms with Gasteiger partial charge in [0.2, 0.25) is 0 Å². The highest BCUT2D eigenvalue weighted by atomic mass is 79.9. The molecule has 0 aromatic carbocycles. The van der Waals surface area contributed by atoms with Crippen molar-refractivity contribution in [2.45, 2.75) is 20.3 Å². The molecule has 52 valence electrons. The maximum Gasteiger partial charge on any atom is 0.0149 e. The Bertz CT molecular complexity index is 136. The van der Waals surface area contributed by atoms with Crippen LogP contribution in [0.4, 0.5) is 0 Å². The Balaban J connectivity index is 3.95. The second kappa shape index (κ2) is 4.62. The predicted octanol–water partition coefficient (Wildman–Crippen LogP) is 2.54. The molecule has 9 heavy (non-hydrogen) atoms. The first-order chi connectivity index (χ1) is 4.20. The van der Waals surface area contributed by atoms with Gasteiger partial charge in [0.25, 0.3) is 0 Å². The molecule has 0 atom stereocenters. The zero-order valence-corrected chi connectivity index (χ0v) is 7.40. The third-order valence-electron chi connectivity index (χ3n) is 1.01. The summed E-state index contributed by atoms with van der Waals surface area (Å²) in [5.74, 6) is 0. The van der Waals surface area contributed by atoms with Crippen LogP contribution >= 0.6 is 15.9 Å². The lowest BCUT2D eigenvalue weighted by Gasteiger charge is -1.92. The van der Waals surface area contributed by atoms with Crippen molar-refractivity contribution in [3.63, 3.8) is 0 Å². The number of halogens is 1. The topological polar surface area (TPSA) is 26.0 Å². The molecule has 0 radical (unpaired) electrons. The van der Waals surface area contributed by atoms with Crippen molar-refractivity contribution >= 4 is 15.9 Å². The van der Waals surface area contributed by atoms with Crippen LogP contribution in [0.3, 0.4) is 0 Å². The Hall–Kier alpha value is -0.240. The third kappa shape index (κ3) is 4.28. The summed E-state index contributed by atoms with van der Waals surface area (Å²) in [7, 11) is 0. The van der Waals surface area contributed by atoms with Gasteiger partial charge in [-0.1, -0.05) is 28.9 Å². The Labute approximate surface area is 64.8 Å². The van der Waals surface area contributed by atoms with E-state index in [2.05, 4.69) is 15.9 Å². The largest absolute Gasteiger partial charge is 0.402 e. The van der Waals surface area contributed by atoms with Gasteiger partial charge in [0.1, 0.15) is 0 Å². The maximum absolute atomic E-state index is 5.54. The second-order valence-corrected chi connectivity index (χ2v) is 2.66. The van der Waals surface area contributed by atoms with Crippen LogP contribution in [0.1, 0.15) is 20.3 Å². The van der Waals surface area contributed by atoms with Crippen molar-refractivity contribution < 1.29 is 0 Å². The Kier molecular flexibility index (Phi) is 4.50. The number of hydrogen-bond acceptors (Lipinski definition) is 1. The molecule has 0 bridgehead atoms. The number of rotatable bonds is 2. The molecule has 1 nitrogen and oxygen atoms in total. The summed E-state index contributed by atoms with van der Waals surface area (Å²) >= 11 is 3.32. The quantitative estimate of drug-likeness (QED) is 0.665. The minimum atomic E-state index is 0.903. The molecule has 2 N–H and O–H groups in total. The van der Waals surface area contributed by atoms with Crippen molar-refractivity contribution in [1.82, 2.24) is 0 Å². The van der Waals surface area contributed by atoms with E-state index >= 15 is 0 Å². The van der Waals surface area contributed by atoms with E-state index in [1.807, 2.05) is 26.0 Å². The average Bonchev–Trinajstić information content (AvgIpc) is 1.87. The normalized spacial score (nSPS) is 14.1. The third-order valence-corrected chi connectivity index (χ3v) is 1.69. The Morgan fingerprint density at radius 2 is 2.22 bits per heavy atom. The molecular weight excluding hydrogens is 178 g/mol. The first-order valence-electron chi connectivity index (χ1n) is 2.98. The van der Waals surface area contributed by atoms with Gasteiger partial charge in [-0.25, -0.2) is 0 Å². The molecule has 0 aromatic heterocycles. The van der Waals surface area contributed by atoms with Crippen molar-refractivity contribution in [2.75, 3.05) is 0 Å². The molecule has 0 unspecified atom stereocenters. The first kappa shape index (κ1) is 8.76. The van der Waals surface area contributed by atoms with Crippen molar-refractivity contribution in [1.29, 1.82) is 0 Å². The number of nitrogens with two attached hydrogens (primary N) is 1. The molecule has 0 rings (SSSR count). The Morgan fingerprint density at radius 3 is 2.56 bits per heavy atom. The molecule has 0 fully saturated rings. The standard InChI is InChI=1S/C7H12BrN/c1-3-6(8)5-7(9)4-2/h3,5H,4,9H2,1-2H3/b6-3+,7-5+. The van der Waals surface area contributed by atoms with E-state index in [9.17, 15) is 0 Å². The van der Waals surface area contributed by atoms with Gasteiger partial charge in [-0.3, -0.25) is 0 Å². The van der Waals surface area contributed by atoms with Gasteiger partial charge in [0.15, 0.2) is 0 Å². The summed E-state index contributed by atoms with van der Waals surface area (Å²) in [5.41, 5.74) is 6.44. The van der Waals surface area contributed by atoms with Crippen LogP contribution in [0.2, 0.25) is 0 Å².